The van der Waals surface area contributed by atoms with Gasteiger partial charge in [0.05, 0.1) is 6.04 Å². The molecule has 102 valence electrons. The number of nitrogens with one attached hydrogen (secondary N) is 2. The Bertz CT molecular complexity index is 671. The largest absolute Gasteiger partial charge is 0.244 e. The van der Waals surface area contributed by atoms with E-state index in [9.17, 15) is 12.8 Å². The normalized spacial score (nSPS) is 13.4. The van der Waals surface area contributed by atoms with Crippen LogP contribution in [0.25, 0.3) is 0 Å². The highest BCUT2D eigenvalue weighted by molar-refractivity contribution is 7.89. The van der Waals surface area contributed by atoms with Crippen LogP contribution in [0.1, 0.15) is 24.4 Å². The Morgan fingerprint density at radius 3 is 2.79 bits per heavy atom. The van der Waals surface area contributed by atoms with Gasteiger partial charge in [-0.3, -0.25) is 0 Å². The number of aromatic nitrogens is 4. The Morgan fingerprint density at radius 2 is 2.16 bits per heavy atom. The molecule has 0 aliphatic carbocycles. The molecule has 0 spiro atoms. The highest BCUT2D eigenvalue weighted by Gasteiger charge is 2.23. The fourth-order valence-electron chi connectivity index (χ4n) is 1.52. The molecule has 1 aromatic carbocycles. The number of sulfonamides is 1. The predicted octanol–water partition coefficient (Wildman–Crippen LogP) is 0.687. The summed E-state index contributed by atoms with van der Waals surface area (Å²) >= 11 is 0. The number of aryl methyl sites for hydroxylation is 1. The van der Waals surface area contributed by atoms with Crippen LogP contribution in [0.4, 0.5) is 4.39 Å². The van der Waals surface area contributed by atoms with Crippen molar-refractivity contribution < 1.29 is 12.8 Å². The molecule has 0 bridgehead atoms. The van der Waals surface area contributed by atoms with E-state index in [4.69, 9.17) is 0 Å². The Hall–Kier alpha value is -1.87. The van der Waals surface area contributed by atoms with Crippen LogP contribution in [0, 0.1) is 12.7 Å². The lowest BCUT2D eigenvalue weighted by Crippen LogP contribution is -2.28. The summed E-state index contributed by atoms with van der Waals surface area (Å²) in [6.45, 7) is 3.22. The van der Waals surface area contributed by atoms with Crippen LogP contribution in [0.15, 0.2) is 23.1 Å². The van der Waals surface area contributed by atoms with Crippen LogP contribution in [-0.2, 0) is 10.0 Å². The zero-order valence-corrected chi connectivity index (χ0v) is 11.1. The average molecular weight is 285 g/mol. The topological polar surface area (TPSA) is 101 Å². The second-order valence-electron chi connectivity index (χ2n) is 4.05. The van der Waals surface area contributed by atoms with Gasteiger partial charge >= 0.3 is 0 Å². The highest BCUT2D eigenvalue weighted by atomic mass is 32.2. The van der Waals surface area contributed by atoms with Gasteiger partial charge in [0.1, 0.15) is 10.7 Å². The number of hydrogen-bond donors (Lipinski definition) is 2. The molecule has 0 aliphatic rings. The number of rotatable bonds is 4. The number of aromatic amines is 1. The molecular formula is C10H12FN5O2S. The van der Waals surface area contributed by atoms with E-state index in [0.29, 0.717) is 5.56 Å². The first-order valence-electron chi connectivity index (χ1n) is 5.42. The highest BCUT2D eigenvalue weighted by Crippen LogP contribution is 2.18. The maximum Gasteiger partial charge on any atom is 0.244 e. The molecule has 1 aromatic heterocycles. The van der Waals surface area contributed by atoms with Gasteiger partial charge < -0.3 is 0 Å². The van der Waals surface area contributed by atoms with Crippen molar-refractivity contribution in [3.8, 4) is 0 Å². The van der Waals surface area contributed by atoms with Crippen molar-refractivity contribution in [2.45, 2.75) is 24.8 Å². The molecule has 19 heavy (non-hydrogen) atoms. The summed E-state index contributed by atoms with van der Waals surface area (Å²) in [6, 6.07) is 3.16. The van der Waals surface area contributed by atoms with Gasteiger partial charge in [-0.15, -0.1) is 10.2 Å². The van der Waals surface area contributed by atoms with E-state index in [0.717, 1.165) is 6.07 Å². The van der Waals surface area contributed by atoms with E-state index in [1.165, 1.54) is 19.1 Å². The Labute approximate surface area is 109 Å². The van der Waals surface area contributed by atoms with E-state index in [2.05, 4.69) is 25.3 Å². The number of tetrazole rings is 1. The van der Waals surface area contributed by atoms with Gasteiger partial charge in [0.2, 0.25) is 10.0 Å². The first kappa shape index (κ1) is 13.6. The summed E-state index contributed by atoms with van der Waals surface area (Å²) < 4.78 is 40.0. The van der Waals surface area contributed by atoms with E-state index in [1.54, 1.807) is 6.92 Å². The first-order chi connectivity index (χ1) is 8.90. The lowest BCUT2D eigenvalue weighted by atomic mass is 10.2. The van der Waals surface area contributed by atoms with Crippen LogP contribution >= 0.6 is 0 Å². The molecule has 0 aliphatic heterocycles. The molecule has 0 radical (unpaired) electrons. The third-order valence-corrected chi connectivity index (χ3v) is 4.01. The van der Waals surface area contributed by atoms with Gasteiger partial charge in [0, 0.05) is 0 Å². The molecule has 2 rings (SSSR count). The Kier molecular flexibility index (Phi) is 3.58. The summed E-state index contributed by atoms with van der Waals surface area (Å²) in [6.07, 6.45) is 0. The molecule has 2 N–H and O–H groups in total. The zero-order chi connectivity index (χ0) is 14.0. The van der Waals surface area contributed by atoms with Gasteiger partial charge in [0.25, 0.3) is 0 Å². The summed E-state index contributed by atoms with van der Waals surface area (Å²) in [7, 11) is -3.99. The molecule has 1 atom stereocenters. The number of hydrogen-bond acceptors (Lipinski definition) is 5. The lowest BCUT2D eigenvalue weighted by Gasteiger charge is -2.11. The fraction of sp³-hybridized carbons (Fsp3) is 0.300. The summed E-state index contributed by atoms with van der Waals surface area (Å²) in [5.41, 5.74) is 0.647. The van der Waals surface area contributed by atoms with E-state index >= 15 is 0 Å². The minimum absolute atomic E-state index is 0.177. The van der Waals surface area contributed by atoms with Gasteiger partial charge in [-0.2, -0.15) is 5.21 Å². The Morgan fingerprint density at radius 1 is 1.42 bits per heavy atom. The number of halogens is 1. The summed E-state index contributed by atoms with van der Waals surface area (Å²) in [5, 5.41) is 12.9. The van der Waals surface area contributed by atoms with Gasteiger partial charge in [-0.1, -0.05) is 11.3 Å². The maximum absolute atomic E-state index is 13.6. The molecule has 2 aromatic rings. The van der Waals surface area contributed by atoms with Crippen molar-refractivity contribution in [1.29, 1.82) is 0 Å². The van der Waals surface area contributed by atoms with Gasteiger partial charge in [0.15, 0.2) is 5.82 Å². The molecule has 1 unspecified atom stereocenters. The van der Waals surface area contributed by atoms with Crippen molar-refractivity contribution >= 4 is 10.0 Å². The fourth-order valence-corrected chi connectivity index (χ4v) is 2.88. The van der Waals surface area contributed by atoms with E-state index in [-0.39, 0.29) is 5.82 Å². The van der Waals surface area contributed by atoms with Gasteiger partial charge in [-0.05, 0) is 31.5 Å². The SMILES string of the molecule is Cc1ccc(F)c(S(=O)(=O)NC(C)c2nn[nH]n2)c1. The molecule has 0 saturated carbocycles. The molecule has 9 heteroatoms. The second-order valence-corrected chi connectivity index (χ2v) is 5.73. The third-order valence-electron chi connectivity index (χ3n) is 2.46. The van der Waals surface area contributed by atoms with Crippen molar-refractivity contribution in [2.75, 3.05) is 0 Å². The molecular weight excluding hydrogens is 273 g/mol. The van der Waals surface area contributed by atoms with Crippen LogP contribution in [0.3, 0.4) is 0 Å². The van der Waals surface area contributed by atoms with Crippen LogP contribution < -0.4 is 4.72 Å². The Balaban J connectivity index is 2.30. The van der Waals surface area contributed by atoms with Crippen molar-refractivity contribution in [3.05, 3.63) is 35.4 Å². The minimum Gasteiger partial charge on any atom is -0.207 e. The third kappa shape index (κ3) is 2.93. The number of benzene rings is 1. The monoisotopic (exact) mass is 285 g/mol. The second kappa shape index (κ2) is 5.02. The molecule has 0 amide bonds. The summed E-state index contributed by atoms with van der Waals surface area (Å²) in [4.78, 5) is -0.400. The van der Waals surface area contributed by atoms with Crippen LogP contribution in [0.5, 0.6) is 0 Å². The van der Waals surface area contributed by atoms with Crippen LogP contribution in [-0.4, -0.2) is 29.0 Å². The average Bonchev–Trinajstić information content (AvgIpc) is 2.85. The number of nitrogens with zero attached hydrogens (tertiary/aromatic N) is 3. The van der Waals surface area contributed by atoms with E-state index in [1.807, 2.05) is 0 Å². The van der Waals surface area contributed by atoms with Gasteiger partial charge in [-0.25, -0.2) is 17.5 Å². The van der Waals surface area contributed by atoms with Crippen LogP contribution in [0.2, 0.25) is 0 Å². The quantitative estimate of drug-likeness (QED) is 0.860. The van der Waals surface area contributed by atoms with Crippen molar-refractivity contribution in [3.63, 3.8) is 0 Å². The number of H-pyrrole nitrogens is 1. The zero-order valence-electron chi connectivity index (χ0n) is 10.3. The lowest BCUT2D eigenvalue weighted by molar-refractivity contribution is 0.542. The van der Waals surface area contributed by atoms with E-state index < -0.39 is 26.8 Å². The standard InChI is InChI=1S/C10H12FN5O2S/c1-6-3-4-8(11)9(5-6)19(17,18)14-7(2)10-12-15-16-13-10/h3-5,7,14H,1-2H3,(H,12,13,15,16). The van der Waals surface area contributed by atoms with Crippen molar-refractivity contribution in [1.82, 2.24) is 25.3 Å². The first-order valence-corrected chi connectivity index (χ1v) is 6.90. The molecule has 7 nitrogen and oxygen atoms in total. The summed E-state index contributed by atoms with van der Waals surface area (Å²) in [5.74, 6) is -0.630. The smallest absolute Gasteiger partial charge is 0.207 e. The van der Waals surface area contributed by atoms with Crippen molar-refractivity contribution in [2.24, 2.45) is 0 Å². The molecule has 1 heterocycles. The minimum atomic E-state index is -3.99. The predicted molar refractivity (Wildman–Crippen MR) is 64.1 cm³/mol. The maximum atomic E-state index is 13.6. The molecule has 0 fully saturated rings. The molecule has 0 saturated heterocycles.